The van der Waals surface area contributed by atoms with Crippen LogP contribution in [0.5, 0.6) is 0 Å². The summed E-state index contributed by atoms with van der Waals surface area (Å²) in [4.78, 5) is 16.0. The van der Waals surface area contributed by atoms with Gasteiger partial charge in [-0.15, -0.1) is 0 Å². The van der Waals surface area contributed by atoms with E-state index in [0.29, 0.717) is 5.69 Å². The third kappa shape index (κ3) is 5.35. The Morgan fingerprint density at radius 3 is 2.45 bits per heavy atom. The number of hydrogen-bond donors (Lipinski definition) is 2. The summed E-state index contributed by atoms with van der Waals surface area (Å²) in [5, 5.41) is 3.39. The van der Waals surface area contributed by atoms with Gasteiger partial charge in [0, 0.05) is 58.9 Å². The predicted molar refractivity (Wildman–Crippen MR) is 116 cm³/mol. The van der Waals surface area contributed by atoms with Crippen molar-refractivity contribution in [2.75, 3.05) is 81.5 Å². The van der Waals surface area contributed by atoms with Crippen molar-refractivity contribution in [2.24, 2.45) is 0 Å². The van der Waals surface area contributed by atoms with E-state index in [2.05, 4.69) is 60.3 Å². The van der Waals surface area contributed by atoms with Crippen molar-refractivity contribution in [2.45, 2.75) is 6.54 Å². The molecule has 0 aliphatic carbocycles. The number of nitrogen functional groups attached to an aromatic ring is 1. The molecule has 1 aromatic carbocycles. The zero-order chi connectivity index (χ0) is 19.9. The van der Waals surface area contributed by atoms with Crippen LogP contribution in [0.4, 0.5) is 17.3 Å². The van der Waals surface area contributed by atoms with Gasteiger partial charge in [0.05, 0.1) is 13.2 Å². The number of benzene rings is 1. The van der Waals surface area contributed by atoms with Gasteiger partial charge in [-0.05, 0) is 5.56 Å². The average Bonchev–Trinajstić information content (AvgIpc) is 2.77. The smallest absolute Gasteiger partial charge is 0.157 e. The second-order valence-electron chi connectivity index (χ2n) is 7.59. The number of nitrogens with one attached hydrogen (secondary N) is 1. The van der Waals surface area contributed by atoms with Gasteiger partial charge >= 0.3 is 0 Å². The molecule has 0 atom stereocenters. The van der Waals surface area contributed by atoms with Crippen LogP contribution in [-0.2, 0) is 11.3 Å². The Hall–Kier alpha value is -2.42. The largest absolute Gasteiger partial charge is 0.393 e. The van der Waals surface area contributed by atoms with Crippen molar-refractivity contribution < 1.29 is 4.74 Å². The highest BCUT2D eigenvalue weighted by molar-refractivity contribution is 5.75. The van der Waals surface area contributed by atoms with Crippen molar-refractivity contribution in [1.29, 1.82) is 0 Å². The summed E-state index contributed by atoms with van der Waals surface area (Å²) < 4.78 is 5.40. The van der Waals surface area contributed by atoms with Crippen LogP contribution in [0.15, 0.2) is 36.7 Å². The number of rotatable bonds is 7. The summed E-state index contributed by atoms with van der Waals surface area (Å²) in [7, 11) is 0. The molecule has 0 amide bonds. The average molecular weight is 398 g/mol. The highest BCUT2D eigenvalue weighted by atomic mass is 16.5. The van der Waals surface area contributed by atoms with E-state index < -0.39 is 0 Å². The van der Waals surface area contributed by atoms with Crippen LogP contribution in [0.1, 0.15) is 5.56 Å². The summed E-state index contributed by atoms with van der Waals surface area (Å²) in [6, 6.07) is 10.6. The number of nitrogens with two attached hydrogens (primary N) is 1. The lowest BCUT2D eigenvalue weighted by molar-refractivity contribution is 0.0398. The second-order valence-corrected chi connectivity index (χ2v) is 7.59. The van der Waals surface area contributed by atoms with Crippen LogP contribution in [0.2, 0.25) is 0 Å². The molecule has 29 heavy (non-hydrogen) atoms. The summed E-state index contributed by atoms with van der Waals surface area (Å²) in [6.45, 7) is 10.2. The molecular weight excluding hydrogens is 366 g/mol. The lowest BCUT2D eigenvalue weighted by Crippen LogP contribution is -2.46. The Morgan fingerprint density at radius 1 is 0.931 bits per heavy atom. The van der Waals surface area contributed by atoms with Gasteiger partial charge in [-0.1, -0.05) is 30.3 Å². The summed E-state index contributed by atoms with van der Waals surface area (Å²) in [5.74, 6) is 1.57. The molecule has 2 saturated heterocycles. The van der Waals surface area contributed by atoms with Crippen LogP contribution in [-0.4, -0.2) is 85.3 Å². The molecule has 3 N–H and O–H groups in total. The summed E-state index contributed by atoms with van der Waals surface area (Å²) in [6.07, 6.45) is 1.61. The van der Waals surface area contributed by atoms with Gasteiger partial charge < -0.3 is 20.7 Å². The molecule has 2 aliphatic heterocycles. The highest BCUT2D eigenvalue weighted by Crippen LogP contribution is 2.27. The Balaban J connectivity index is 1.29. The van der Waals surface area contributed by atoms with Gasteiger partial charge in [0.1, 0.15) is 12.0 Å². The minimum atomic E-state index is 0.644. The molecule has 3 heterocycles. The fourth-order valence-corrected chi connectivity index (χ4v) is 3.90. The number of nitrogens with zero attached hydrogens (tertiary/aromatic N) is 5. The standard InChI is InChI=1S/C21H31N7O/c22-19-20(23-6-7-26-12-14-29-15-13-26)24-17-25-21(19)28-10-8-27(9-11-28)16-18-4-2-1-3-5-18/h1-5,17H,6-16,22H2,(H,23,24,25). The van der Waals surface area contributed by atoms with Crippen molar-refractivity contribution in [3.8, 4) is 0 Å². The van der Waals surface area contributed by atoms with Gasteiger partial charge in [-0.3, -0.25) is 9.80 Å². The maximum Gasteiger partial charge on any atom is 0.157 e. The third-order valence-electron chi connectivity index (χ3n) is 5.61. The zero-order valence-corrected chi connectivity index (χ0v) is 17.0. The lowest BCUT2D eigenvalue weighted by Gasteiger charge is -2.36. The Kier molecular flexibility index (Phi) is 6.76. The molecule has 0 radical (unpaired) electrons. The van der Waals surface area contributed by atoms with Crippen LogP contribution in [0, 0.1) is 0 Å². The molecule has 8 nitrogen and oxygen atoms in total. The second kappa shape index (κ2) is 9.87. The number of morpholine rings is 1. The zero-order valence-electron chi connectivity index (χ0n) is 17.0. The molecule has 0 unspecified atom stereocenters. The van der Waals surface area contributed by atoms with Crippen LogP contribution in [0.25, 0.3) is 0 Å². The predicted octanol–water partition coefficient (Wildman–Crippen LogP) is 1.13. The maximum atomic E-state index is 6.42. The fourth-order valence-electron chi connectivity index (χ4n) is 3.90. The normalized spacial score (nSPS) is 18.7. The first-order chi connectivity index (χ1) is 14.3. The minimum absolute atomic E-state index is 0.644. The number of hydrogen-bond acceptors (Lipinski definition) is 8. The summed E-state index contributed by atoms with van der Waals surface area (Å²) in [5.41, 5.74) is 8.42. The molecule has 156 valence electrons. The first-order valence-corrected chi connectivity index (χ1v) is 10.5. The molecule has 0 saturated carbocycles. The highest BCUT2D eigenvalue weighted by Gasteiger charge is 2.21. The molecule has 2 aliphatic rings. The lowest BCUT2D eigenvalue weighted by atomic mass is 10.2. The summed E-state index contributed by atoms with van der Waals surface area (Å²) >= 11 is 0. The van der Waals surface area contributed by atoms with Crippen LogP contribution >= 0.6 is 0 Å². The van der Waals surface area contributed by atoms with E-state index in [9.17, 15) is 0 Å². The van der Waals surface area contributed by atoms with Crippen LogP contribution < -0.4 is 16.0 Å². The van der Waals surface area contributed by atoms with E-state index in [1.54, 1.807) is 6.33 Å². The van der Waals surface area contributed by atoms with E-state index in [1.807, 2.05) is 0 Å². The molecule has 4 rings (SSSR count). The Bertz CT molecular complexity index is 759. The minimum Gasteiger partial charge on any atom is -0.393 e. The van der Waals surface area contributed by atoms with E-state index in [4.69, 9.17) is 10.5 Å². The molecule has 8 heteroatoms. The third-order valence-corrected chi connectivity index (χ3v) is 5.61. The van der Waals surface area contributed by atoms with Gasteiger partial charge in [0.15, 0.2) is 11.6 Å². The Labute approximate surface area is 172 Å². The van der Waals surface area contributed by atoms with E-state index >= 15 is 0 Å². The molecule has 2 aromatic rings. The van der Waals surface area contributed by atoms with Gasteiger partial charge in [0.2, 0.25) is 0 Å². The van der Waals surface area contributed by atoms with Gasteiger partial charge in [0.25, 0.3) is 0 Å². The topological polar surface area (TPSA) is 82.8 Å². The maximum absolute atomic E-state index is 6.42. The molecular formula is C21H31N7O. The SMILES string of the molecule is Nc1c(NCCN2CCOCC2)ncnc1N1CCN(Cc2ccccc2)CC1. The van der Waals surface area contributed by atoms with Gasteiger partial charge in [-0.25, -0.2) is 9.97 Å². The van der Waals surface area contributed by atoms with Crippen molar-refractivity contribution >= 4 is 17.3 Å². The molecule has 0 bridgehead atoms. The molecule has 0 spiro atoms. The monoisotopic (exact) mass is 397 g/mol. The molecule has 1 aromatic heterocycles. The number of ether oxygens (including phenoxy) is 1. The number of anilines is 3. The first-order valence-electron chi connectivity index (χ1n) is 10.5. The van der Waals surface area contributed by atoms with E-state index in [1.165, 1.54) is 5.56 Å². The Morgan fingerprint density at radius 2 is 1.69 bits per heavy atom. The fraction of sp³-hybridized carbons (Fsp3) is 0.524. The number of piperazine rings is 1. The van der Waals surface area contributed by atoms with E-state index in [0.717, 1.165) is 83.8 Å². The van der Waals surface area contributed by atoms with Crippen molar-refractivity contribution in [3.63, 3.8) is 0 Å². The van der Waals surface area contributed by atoms with Crippen molar-refractivity contribution in [3.05, 3.63) is 42.2 Å². The van der Waals surface area contributed by atoms with E-state index in [-0.39, 0.29) is 0 Å². The quantitative estimate of drug-likeness (QED) is 0.719. The molecule has 2 fully saturated rings. The first kappa shape index (κ1) is 19.9. The van der Waals surface area contributed by atoms with Crippen LogP contribution in [0.3, 0.4) is 0 Å². The van der Waals surface area contributed by atoms with Crippen molar-refractivity contribution in [1.82, 2.24) is 19.8 Å². The number of aromatic nitrogens is 2. The van der Waals surface area contributed by atoms with Gasteiger partial charge in [-0.2, -0.15) is 0 Å².